The van der Waals surface area contributed by atoms with Crippen molar-refractivity contribution in [1.82, 2.24) is 10.2 Å². The SMILES string of the molecule is CCCCN(CCCC)CCCNCc1cc(Br)ccc1OCc1ccc(Cl)cc1.Cl.Cl. The molecule has 32 heavy (non-hydrogen) atoms. The van der Waals surface area contributed by atoms with E-state index in [1.807, 2.05) is 36.4 Å². The van der Waals surface area contributed by atoms with Crippen LogP contribution in [0, 0.1) is 0 Å². The summed E-state index contributed by atoms with van der Waals surface area (Å²) in [6, 6.07) is 14.0. The predicted octanol–water partition coefficient (Wildman–Crippen LogP) is 7.91. The minimum absolute atomic E-state index is 0. The largest absolute Gasteiger partial charge is 0.489 e. The summed E-state index contributed by atoms with van der Waals surface area (Å²) < 4.78 is 7.16. The number of hydrogen-bond donors (Lipinski definition) is 1. The maximum Gasteiger partial charge on any atom is 0.124 e. The van der Waals surface area contributed by atoms with Gasteiger partial charge in [-0.25, -0.2) is 0 Å². The van der Waals surface area contributed by atoms with Crippen LogP contribution in [0.1, 0.15) is 57.1 Å². The lowest BCUT2D eigenvalue weighted by Crippen LogP contribution is -2.29. The van der Waals surface area contributed by atoms with Crippen molar-refractivity contribution in [3.8, 4) is 5.75 Å². The number of nitrogens with zero attached hydrogens (tertiary/aromatic N) is 1. The number of nitrogens with one attached hydrogen (secondary N) is 1. The van der Waals surface area contributed by atoms with Gasteiger partial charge in [0.2, 0.25) is 0 Å². The maximum absolute atomic E-state index is 6.09. The highest BCUT2D eigenvalue weighted by Crippen LogP contribution is 2.24. The third-order valence-electron chi connectivity index (χ3n) is 5.13. The molecule has 1 N–H and O–H groups in total. The molecule has 0 aliphatic carbocycles. The third-order valence-corrected chi connectivity index (χ3v) is 5.87. The van der Waals surface area contributed by atoms with Gasteiger partial charge >= 0.3 is 0 Å². The second kappa shape index (κ2) is 18.9. The first-order chi connectivity index (χ1) is 14.6. The van der Waals surface area contributed by atoms with Crippen molar-refractivity contribution >= 4 is 52.3 Å². The monoisotopic (exact) mass is 566 g/mol. The van der Waals surface area contributed by atoms with Gasteiger partial charge in [0.05, 0.1) is 0 Å². The van der Waals surface area contributed by atoms with E-state index in [0.717, 1.165) is 33.9 Å². The normalized spacial score (nSPS) is 10.5. The summed E-state index contributed by atoms with van der Waals surface area (Å²) in [5.74, 6) is 0.924. The molecule has 0 aliphatic rings. The van der Waals surface area contributed by atoms with Crippen LogP contribution in [0.4, 0.5) is 0 Å². The summed E-state index contributed by atoms with van der Waals surface area (Å²) in [5.41, 5.74) is 2.28. The van der Waals surface area contributed by atoms with Crippen LogP contribution in [0.15, 0.2) is 46.9 Å². The van der Waals surface area contributed by atoms with Crippen molar-refractivity contribution in [2.45, 2.75) is 59.1 Å². The lowest BCUT2D eigenvalue weighted by atomic mass is 10.2. The molecule has 0 bridgehead atoms. The second-order valence-corrected chi connectivity index (χ2v) is 9.10. The van der Waals surface area contributed by atoms with Gasteiger partial charge in [0.15, 0.2) is 0 Å². The zero-order valence-corrected chi connectivity index (χ0v) is 23.2. The minimum Gasteiger partial charge on any atom is -0.489 e. The highest BCUT2D eigenvalue weighted by molar-refractivity contribution is 9.10. The van der Waals surface area contributed by atoms with Crippen molar-refractivity contribution in [1.29, 1.82) is 0 Å². The Kier molecular flexibility index (Phi) is 18.6. The average Bonchev–Trinajstić information content (AvgIpc) is 2.75. The Morgan fingerprint density at radius 2 is 1.53 bits per heavy atom. The molecule has 0 amide bonds. The van der Waals surface area contributed by atoms with Crippen LogP contribution in [-0.4, -0.2) is 31.1 Å². The van der Waals surface area contributed by atoms with Crippen LogP contribution in [0.3, 0.4) is 0 Å². The van der Waals surface area contributed by atoms with E-state index in [9.17, 15) is 0 Å². The average molecular weight is 569 g/mol. The van der Waals surface area contributed by atoms with Crippen molar-refractivity contribution in [3.05, 3.63) is 63.1 Å². The lowest BCUT2D eigenvalue weighted by molar-refractivity contribution is 0.260. The molecule has 0 spiro atoms. The van der Waals surface area contributed by atoms with Crippen molar-refractivity contribution in [2.24, 2.45) is 0 Å². The molecule has 0 heterocycles. The van der Waals surface area contributed by atoms with Crippen LogP contribution in [0.5, 0.6) is 5.75 Å². The van der Waals surface area contributed by atoms with Crippen molar-refractivity contribution in [3.63, 3.8) is 0 Å². The summed E-state index contributed by atoms with van der Waals surface area (Å²) in [6.07, 6.45) is 6.29. The molecular formula is C25H38BrCl3N2O. The van der Waals surface area contributed by atoms with Gasteiger partial charge in [-0.3, -0.25) is 0 Å². The molecule has 0 fully saturated rings. The van der Waals surface area contributed by atoms with E-state index in [1.54, 1.807) is 0 Å². The van der Waals surface area contributed by atoms with Gasteiger partial charge in [-0.2, -0.15) is 0 Å². The molecule has 2 rings (SSSR count). The molecule has 0 atom stereocenters. The Hall–Kier alpha value is -0.490. The molecule has 7 heteroatoms. The first-order valence-corrected chi connectivity index (χ1v) is 12.4. The second-order valence-electron chi connectivity index (χ2n) is 7.75. The van der Waals surface area contributed by atoms with E-state index < -0.39 is 0 Å². The maximum atomic E-state index is 6.09. The fourth-order valence-electron chi connectivity index (χ4n) is 3.32. The fourth-order valence-corrected chi connectivity index (χ4v) is 3.85. The van der Waals surface area contributed by atoms with Crippen LogP contribution in [0.2, 0.25) is 5.02 Å². The number of ether oxygens (including phenoxy) is 1. The van der Waals surface area contributed by atoms with Gasteiger partial charge in [0, 0.05) is 21.6 Å². The quantitative estimate of drug-likeness (QED) is 0.221. The molecule has 0 radical (unpaired) electrons. The zero-order valence-electron chi connectivity index (χ0n) is 19.2. The van der Waals surface area contributed by atoms with Crippen LogP contribution < -0.4 is 10.1 Å². The van der Waals surface area contributed by atoms with Crippen molar-refractivity contribution < 1.29 is 4.74 Å². The highest BCUT2D eigenvalue weighted by Gasteiger charge is 2.07. The number of unbranched alkanes of at least 4 members (excludes halogenated alkanes) is 2. The minimum atomic E-state index is 0. The number of hydrogen-bond acceptors (Lipinski definition) is 3. The molecule has 0 unspecified atom stereocenters. The first kappa shape index (κ1) is 31.5. The smallest absolute Gasteiger partial charge is 0.124 e. The van der Waals surface area contributed by atoms with E-state index in [1.165, 1.54) is 57.3 Å². The summed E-state index contributed by atoms with van der Waals surface area (Å²) in [6.45, 7) is 10.5. The van der Waals surface area contributed by atoms with Crippen LogP contribution in [0.25, 0.3) is 0 Å². The number of halogens is 4. The molecule has 0 aromatic heterocycles. The van der Waals surface area contributed by atoms with Crippen molar-refractivity contribution in [2.75, 3.05) is 26.2 Å². The molecule has 0 saturated carbocycles. The van der Waals surface area contributed by atoms with E-state index >= 15 is 0 Å². The Labute approximate surface area is 220 Å². The van der Waals surface area contributed by atoms with Gasteiger partial charge in [0.25, 0.3) is 0 Å². The summed E-state index contributed by atoms with van der Waals surface area (Å²) in [5, 5.41) is 4.34. The molecular weight excluding hydrogens is 531 g/mol. The number of rotatable bonds is 15. The highest BCUT2D eigenvalue weighted by atomic mass is 79.9. The van der Waals surface area contributed by atoms with Gasteiger partial charge in [-0.1, -0.05) is 66.4 Å². The predicted molar refractivity (Wildman–Crippen MR) is 147 cm³/mol. The molecule has 182 valence electrons. The van der Waals surface area contributed by atoms with Crippen LogP contribution >= 0.6 is 52.3 Å². The molecule has 2 aromatic carbocycles. The Morgan fingerprint density at radius 3 is 2.16 bits per heavy atom. The summed E-state index contributed by atoms with van der Waals surface area (Å²) >= 11 is 9.55. The molecule has 0 aliphatic heterocycles. The molecule has 3 nitrogen and oxygen atoms in total. The van der Waals surface area contributed by atoms with E-state index in [4.69, 9.17) is 16.3 Å². The van der Waals surface area contributed by atoms with Gasteiger partial charge < -0.3 is 15.0 Å². The first-order valence-electron chi connectivity index (χ1n) is 11.2. The zero-order chi connectivity index (χ0) is 21.6. The van der Waals surface area contributed by atoms with E-state index in [-0.39, 0.29) is 24.8 Å². The fraction of sp³-hybridized carbons (Fsp3) is 0.520. The Balaban J connectivity index is 0.00000480. The molecule has 0 saturated heterocycles. The standard InChI is InChI=1S/C25H36BrClN2O.2ClH/c1-3-5-15-29(16-6-4-2)17-7-14-28-19-22-18-23(26)10-13-25(22)30-20-21-8-11-24(27)12-9-21;;/h8-13,18,28H,3-7,14-17,19-20H2,1-2H3;2*1H. The molecule has 2 aromatic rings. The summed E-state index contributed by atoms with van der Waals surface area (Å²) in [4.78, 5) is 2.62. The topological polar surface area (TPSA) is 24.5 Å². The third kappa shape index (κ3) is 12.7. The van der Waals surface area contributed by atoms with Gasteiger partial charge in [-0.15, -0.1) is 24.8 Å². The van der Waals surface area contributed by atoms with E-state index in [0.29, 0.717) is 6.61 Å². The number of benzene rings is 2. The lowest BCUT2D eigenvalue weighted by Gasteiger charge is -2.22. The van der Waals surface area contributed by atoms with Gasteiger partial charge in [-0.05, 0) is 81.3 Å². The Bertz CT molecular complexity index is 724. The van der Waals surface area contributed by atoms with Gasteiger partial charge in [0.1, 0.15) is 12.4 Å². The van der Waals surface area contributed by atoms with Crippen LogP contribution in [-0.2, 0) is 13.2 Å². The Morgan fingerprint density at radius 1 is 0.906 bits per heavy atom. The van der Waals surface area contributed by atoms with E-state index in [2.05, 4.69) is 46.1 Å². The summed E-state index contributed by atoms with van der Waals surface area (Å²) in [7, 11) is 0.